The molecule has 1 aromatic heterocycles. The zero-order valence-corrected chi connectivity index (χ0v) is 10.6. The van der Waals surface area contributed by atoms with E-state index >= 15 is 0 Å². The Labute approximate surface area is 101 Å². The van der Waals surface area contributed by atoms with Crippen molar-refractivity contribution < 1.29 is 0 Å². The second-order valence-corrected chi connectivity index (χ2v) is 5.47. The highest BCUT2D eigenvalue weighted by Crippen LogP contribution is 2.20. The predicted octanol–water partition coefficient (Wildman–Crippen LogP) is 3.24. The summed E-state index contributed by atoms with van der Waals surface area (Å²) in [7, 11) is 0. The maximum absolute atomic E-state index is 5.77. The number of halogens is 1. The fourth-order valence-electron chi connectivity index (χ4n) is 2.23. The predicted molar refractivity (Wildman–Crippen MR) is 67.9 cm³/mol. The van der Waals surface area contributed by atoms with Gasteiger partial charge in [-0.2, -0.15) is 11.3 Å². The van der Waals surface area contributed by atoms with Gasteiger partial charge in [-0.05, 0) is 54.1 Å². The second kappa shape index (κ2) is 5.88. The Kier molecular flexibility index (Phi) is 4.48. The zero-order chi connectivity index (χ0) is 10.5. The van der Waals surface area contributed by atoms with Crippen molar-refractivity contribution in [1.82, 2.24) is 4.90 Å². The van der Waals surface area contributed by atoms with E-state index in [1.807, 2.05) is 0 Å². The van der Waals surface area contributed by atoms with Crippen molar-refractivity contribution in [3.63, 3.8) is 0 Å². The third kappa shape index (κ3) is 3.47. The van der Waals surface area contributed by atoms with E-state index in [0.717, 1.165) is 11.8 Å². The molecule has 3 heteroatoms. The van der Waals surface area contributed by atoms with Crippen LogP contribution < -0.4 is 0 Å². The molecule has 0 aliphatic carbocycles. The number of hydrogen-bond donors (Lipinski definition) is 0. The monoisotopic (exact) mass is 243 g/mol. The van der Waals surface area contributed by atoms with Crippen molar-refractivity contribution in [3.8, 4) is 0 Å². The molecule has 15 heavy (non-hydrogen) atoms. The molecule has 1 aliphatic heterocycles. The van der Waals surface area contributed by atoms with E-state index in [1.54, 1.807) is 11.3 Å². The lowest BCUT2D eigenvalue weighted by Crippen LogP contribution is -2.23. The van der Waals surface area contributed by atoms with E-state index in [9.17, 15) is 0 Å². The quantitative estimate of drug-likeness (QED) is 0.718. The SMILES string of the molecule is ClCCC1CCN(CCc2ccsc2)C1. The summed E-state index contributed by atoms with van der Waals surface area (Å²) in [6.07, 6.45) is 3.74. The Morgan fingerprint density at radius 2 is 2.47 bits per heavy atom. The highest BCUT2D eigenvalue weighted by Gasteiger charge is 2.21. The molecular formula is C12H18ClNS. The molecule has 1 saturated heterocycles. The van der Waals surface area contributed by atoms with Gasteiger partial charge in [0.05, 0.1) is 0 Å². The molecular weight excluding hydrogens is 226 g/mol. The van der Waals surface area contributed by atoms with Gasteiger partial charge in [0, 0.05) is 19.0 Å². The van der Waals surface area contributed by atoms with Gasteiger partial charge in [-0.3, -0.25) is 0 Å². The van der Waals surface area contributed by atoms with Crippen LogP contribution in [0.5, 0.6) is 0 Å². The van der Waals surface area contributed by atoms with Crippen LogP contribution in [0, 0.1) is 5.92 Å². The van der Waals surface area contributed by atoms with Crippen molar-refractivity contribution in [2.75, 3.05) is 25.5 Å². The average molecular weight is 244 g/mol. The topological polar surface area (TPSA) is 3.24 Å². The van der Waals surface area contributed by atoms with Gasteiger partial charge in [-0.15, -0.1) is 11.6 Å². The highest BCUT2D eigenvalue weighted by molar-refractivity contribution is 7.07. The molecule has 0 radical (unpaired) electrons. The minimum Gasteiger partial charge on any atom is -0.303 e. The van der Waals surface area contributed by atoms with Crippen molar-refractivity contribution >= 4 is 22.9 Å². The molecule has 1 unspecified atom stereocenters. The largest absolute Gasteiger partial charge is 0.303 e. The Hall–Kier alpha value is -0.0500. The molecule has 0 aromatic carbocycles. The third-order valence-corrected chi connectivity index (χ3v) is 4.13. The van der Waals surface area contributed by atoms with Gasteiger partial charge in [0.1, 0.15) is 0 Å². The average Bonchev–Trinajstić information content (AvgIpc) is 2.85. The van der Waals surface area contributed by atoms with E-state index < -0.39 is 0 Å². The summed E-state index contributed by atoms with van der Waals surface area (Å²) in [5.74, 6) is 1.67. The number of nitrogens with zero attached hydrogens (tertiary/aromatic N) is 1. The summed E-state index contributed by atoms with van der Waals surface area (Å²) < 4.78 is 0. The number of hydrogen-bond acceptors (Lipinski definition) is 2. The summed E-state index contributed by atoms with van der Waals surface area (Å²) >= 11 is 7.57. The molecule has 0 amide bonds. The van der Waals surface area contributed by atoms with E-state index in [4.69, 9.17) is 11.6 Å². The van der Waals surface area contributed by atoms with Gasteiger partial charge in [0.25, 0.3) is 0 Å². The Balaban J connectivity index is 1.69. The van der Waals surface area contributed by atoms with Crippen LogP contribution in [-0.4, -0.2) is 30.4 Å². The van der Waals surface area contributed by atoms with Crippen LogP contribution in [0.15, 0.2) is 16.8 Å². The fourth-order valence-corrected chi connectivity index (χ4v) is 3.24. The van der Waals surface area contributed by atoms with E-state index in [-0.39, 0.29) is 0 Å². The lowest BCUT2D eigenvalue weighted by atomic mass is 10.1. The lowest BCUT2D eigenvalue weighted by Gasteiger charge is -2.14. The van der Waals surface area contributed by atoms with Crippen molar-refractivity contribution in [2.45, 2.75) is 19.3 Å². The first-order valence-electron chi connectivity index (χ1n) is 5.68. The Morgan fingerprint density at radius 3 is 3.20 bits per heavy atom. The van der Waals surface area contributed by atoms with Crippen molar-refractivity contribution in [1.29, 1.82) is 0 Å². The zero-order valence-electron chi connectivity index (χ0n) is 8.99. The molecule has 1 aromatic rings. The first kappa shape index (κ1) is 11.4. The fraction of sp³-hybridized carbons (Fsp3) is 0.667. The van der Waals surface area contributed by atoms with Crippen LogP contribution in [-0.2, 0) is 6.42 Å². The first-order valence-corrected chi connectivity index (χ1v) is 7.15. The molecule has 1 aliphatic rings. The summed E-state index contributed by atoms with van der Waals surface area (Å²) in [4.78, 5) is 2.58. The maximum atomic E-state index is 5.77. The molecule has 1 nitrogen and oxygen atoms in total. The van der Waals surface area contributed by atoms with Gasteiger partial charge < -0.3 is 4.90 Å². The molecule has 1 fully saturated rings. The van der Waals surface area contributed by atoms with Crippen LogP contribution in [0.4, 0.5) is 0 Å². The maximum Gasteiger partial charge on any atom is 0.0226 e. The van der Waals surface area contributed by atoms with Crippen LogP contribution in [0.3, 0.4) is 0 Å². The van der Waals surface area contributed by atoms with Crippen LogP contribution in [0.25, 0.3) is 0 Å². The number of alkyl halides is 1. The Bertz CT molecular complexity index is 273. The molecule has 2 rings (SSSR count). The summed E-state index contributed by atoms with van der Waals surface area (Å²) in [5, 5.41) is 4.42. The van der Waals surface area contributed by atoms with Gasteiger partial charge in [0.15, 0.2) is 0 Å². The van der Waals surface area contributed by atoms with E-state index in [1.165, 1.54) is 44.5 Å². The normalized spacial score (nSPS) is 22.3. The molecule has 0 saturated carbocycles. The molecule has 1 atom stereocenters. The third-order valence-electron chi connectivity index (χ3n) is 3.18. The van der Waals surface area contributed by atoms with Gasteiger partial charge in [0.2, 0.25) is 0 Å². The second-order valence-electron chi connectivity index (χ2n) is 4.31. The van der Waals surface area contributed by atoms with E-state index in [2.05, 4.69) is 21.7 Å². The first-order chi connectivity index (χ1) is 7.38. The van der Waals surface area contributed by atoms with Crippen LogP contribution in [0.1, 0.15) is 18.4 Å². The molecule has 0 bridgehead atoms. The minimum absolute atomic E-state index is 0.822. The van der Waals surface area contributed by atoms with Crippen LogP contribution in [0.2, 0.25) is 0 Å². The minimum atomic E-state index is 0.822. The molecule has 0 spiro atoms. The number of rotatable bonds is 5. The summed E-state index contributed by atoms with van der Waals surface area (Å²) in [5.41, 5.74) is 1.49. The molecule has 2 heterocycles. The number of likely N-dealkylation sites (tertiary alicyclic amines) is 1. The van der Waals surface area contributed by atoms with Crippen molar-refractivity contribution in [3.05, 3.63) is 22.4 Å². The van der Waals surface area contributed by atoms with Crippen molar-refractivity contribution in [2.24, 2.45) is 5.92 Å². The van der Waals surface area contributed by atoms with Gasteiger partial charge in [-0.1, -0.05) is 0 Å². The molecule has 0 N–H and O–H groups in total. The summed E-state index contributed by atoms with van der Waals surface area (Å²) in [6.45, 7) is 3.75. The lowest BCUT2D eigenvalue weighted by molar-refractivity contribution is 0.327. The van der Waals surface area contributed by atoms with Gasteiger partial charge >= 0.3 is 0 Å². The Morgan fingerprint density at radius 1 is 1.53 bits per heavy atom. The smallest absolute Gasteiger partial charge is 0.0226 e. The summed E-state index contributed by atoms with van der Waals surface area (Å²) in [6, 6.07) is 2.23. The van der Waals surface area contributed by atoms with Gasteiger partial charge in [-0.25, -0.2) is 0 Å². The highest BCUT2D eigenvalue weighted by atomic mass is 35.5. The molecule has 84 valence electrons. The van der Waals surface area contributed by atoms with Crippen LogP contribution >= 0.6 is 22.9 Å². The standard InChI is InChI=1S/C12H18ClNS/c13-5-1-11-2-6-14(9-11)7-3-12-4-8-15-10-12/h4,8,10-11H,1-3,5-7,9H2. The van der Waals surface area contributed by atoms with E-state index in [0.29, 0.717) is 0 Å². The number of thiophene rings is 1.